The highest BCUT2D eigenvalue weighted by Crippen LogP contribution is 2.31. The van der Waals surface area contributed by atoms with Gasteiger partial charge < -0.3 is 0 Å². The number of nitrogens with two attached hydrogens (primary N) is 1. The van der Waals surface area contributed by atoms with Crippen LogP contribution in [0.2, 0.25) is 5.02 Å². The van der Waals surface area contributed by atoms with E-state index in [1.807, 2.05) is 0 Å². The average Bonchev–Trinajstić information content (AvgIpc) is 2.26. The molecule has 94 valence electrons. The van der Waals surface area contributed by atoms with Gasteiger partial charge in [0.05, 0.1) is 0 Å². The summed E-state index contributed by atoms with van der Waals surface area (Å²) in [6.07, 6.45) is 5.47. The second-order valence-electron chi connectivity index (χ2n) is 4.84. The van der Waals surface area contributed by atoms with Gasteiger partial charge in [0.2, 0.25) is 0 Å². The Morgan fingerprint density at radius 3 is 2.82 bits per heavy atom. The van der Waals surface area contributed by atoms with Crippen molar-refractivity contribution in [1.82, 2.24) is 5.43 Å². The maximum absolute atomic E-state index is 13.6. The van der Waals surface area contributed by atoms with Crippen molar-refractivity contribution in [3.8, 4) is 0 Å². The summed E-state index contributed by atoms with van der Waals surface area (Å²) in [7, 11) is 0. The Kier molecular flexibility index (Phi) is 4.37. The highest BCUT2D eigenvalue weighted by Gasteiger charge is 2.22. The van der Waals surface area contributed by atoms with Crippen LogP contribution in [0.3, 0.4) is 0 Å². The van der Waals surface area contributed by atoms with Gasteiger partial charge in [0.1, 0.15) is 5.82 Å². The van der Waals surface area contributed by atoms with Crippen molar-refractivity contribution in [3.63, 3.8) is 0 Å². The lowest BCUT2D eigenvalue weighted by Crippen LogP contribution is -2.39. The molecule has 0 radical (unpaired) electrons. The van der Waals surface area contributed by atoms with Crippen LogP contribution in [0.15, 0.2) is 18.2 Å². The van der Waals surface area contributed by atoms with Gasteiger partial charge in [0, 0.05) is 11.1 Å². The Morgan fingerprint density at radius 1 is 1.47 bits per heavy atom. The molecule has 0 saturated heterocycles. The van der Waals surface area contributed by atoms with Crippen LogP contribution in [0.25, 0.3) is 0 Å². The Bertz CT molecular complexity index is 380. The first-order valence-corrected chi connectivity index (χ1v) is 6.47. The predicted molar refractivity (Wildman–Crippen MR) is 68.2 cm³/mol. The first-order valence-electron chi connectivity index (χ1n) is 6.09. The molecule has 17 heavy (non-hydrogen) atoms. The van der Waals surface area contributed by atoms with Crippen molar-refractivity contribution >= 4 is 11.6 Å². The molecule has 0 heterocycles. The fourth-order valence-electron chi connectivity index (χ4n) is 2.31. The maximum atomic E-state index is 13.6. The molecule has 1 unspecified atom stereocenters. The summed E-state index contributed by atoms with van der Waals surface area (Å²) < 4.78 is 13.6. The zero-order chi connectivity index (χ0) is 12.3. The van der Waals surface area contributed by atoms with Crippen LogP contribution >= 0.6 is 11.6 Å². The first-order chi connectivity index (χ1) is 8.19. The number of rotatable bonds is 5. The Hall–Kier alpha value is -0.640. The van der Waals surface area contributed by atoms with Crippen molar-refractivity contribution in [2.45, 2.75) is 38.1 Å². The van der Waals surface area contributed by atoms with Crippen LogP contribution in [0.4, 0.5) is 4.39 Å². The van der Waals surface area contributed by atoms with E-state index < -0.39 is 0 Å². The maximum Gasteiger partial charge on any atom is 0.126 e. The van der Waals surface area contributed by atoms with Gasteiger partial charge in [0.25, 0.3) is 0 Å². The molecule has 0 aliphatic heterocycles. The zero-order valence-corrected chi connectivity index (χ0v) is 10.5. The summed E-state index contributed by atoms with van der Waals surface area (Å²) in [5, 5.41) is 0.570. The van der Waals surface area contributed by atoms with E-state index in [9.17, 15) is 4.39 Å². The number of hydrogen-bond donors (Lipinski definition) is 2. The van der Waals surface area contributed by atoms with Crippen LogP contribution in [-0.4, -0.2) is 6.04 Å². The third kappa shape index (κ3) is 3.41. The van der Waals surface area contributed by atoms with E-state index in [-0.39, 0.29) is 11.9 Å². The van der Waals surface area contributed by atoms with Crippen LogP contribution in [-0.2, 0) is 6.42 Å². The number of halogens is 2. The molecule has 0 spiro atoms. The minimum Gasteiger partial charge on any atom is -0.271 e. The second-order valence-corrected chi connectivity index (χ2v) is 5.27. The molecular formula is C13H18ClFN2. The third-order valence-corrected chi connectivity index (χ3v) is 3.79. The van der Waals surface area contributed by atoms with Crippen LogP contribution in [0.1, 0.15) is 31.2 Å². The summed E-state index contributed by atoms with van der Waals surface area (Å²) in [6.45, 7) is 0. The molecule has 1 aromatic carbocycles. The molecule has 1 saturated carbocycles. The molecule has 3 N–H and O–H groups in total. The van der Waals surface area contributed by atoms with E-state index in [4.69, 9.17) is 17.4 Å². The Morgan fingerprint density at radius 2 is 2.24 bits per heavy atom. The number of nitrogens with one attached hydrogen (secondary N) is 1. The fraction of sp³-hybridized carbons (Fsp3) is 0.538. The van der Waals surface area contributed by atoms with Crippen molar-refractivity contribution in [2.75, 3.05) is 0 Å². The lowest BCUT2D eigenvalue weighted by atomic mass is 9.80. The Balaban J connectivity index is 1.98. The molecule has 0 bridgehead atoms. The second kappa shape index (κ2) is 5.80. The van der Waals surface area contributed by atoms with E-state index in [0.29, 0.717) is 17.0 Å². The smallest absolute Gasteiger partial charge is 0.126 e. The van der Waals surface area contributed by atoms with Crippen molar-refractivity contribution in [3.05, 3.63) is 34.6 Å². The summed E-state index contributed by atoms with van der Waals surface area (Å²) in [5.74, 6) is 6.07. The van der Waals surface area contributed by atoms with Gasteiger partial charge >= 0.3 is 0 Å². The minimum absolute atomic E-state index is 0.133. The van der Waals surface area contributed by atoms with Crippen molar-refractivity contribution < 1.29 is 4.39 Å². The van der Waals surface area contributed by atoms with Gasteiger partial charge in [0.15, 0.2) is 0 Å². The minimum atomic E-state index is -0.205. The lowest BCUT2D eigenvalue weighted by molar-refractivity contribution is 0.259. The first kappa shape index (κ1) is 12.8. The number of hydrazine groups is 1. The van der Waals surface area contributed by atoms with Crippen LogP contribution in [0, 0.1) is 11.7 Å². The molecule has 1 aromatic rings. The molecule has 4 heteroatoms. The molecule has 1 aliphatic rings. The molecular weight excluding hydrogens is 239 g/mol. The normalized spacial score (nSPS) is 17.8. The predicted octanol–water partition coefficient (Wildman–Crippen LogP) is 3.04. The van der Waals surface area contributed by atoms with Gasteiger partial charge in [-0.1, -0.05) is 30.9 Å². The van der Waals surface area contributed by atoms with E-state index in [0.717, 1.165) is 12.3 Å². The quantitative estimate of drug-likeness (QED) is 0.628. The van der Waals surface area contributed by atoms with Crippen LogP contribution < -0.4 is 11.3 Å². The van der Waals surface area contributed by atoms with Gasteiger partial charge in [-0.25, -0.2) is 4.39 Å². The van der Waals surface area contributed by atoms with Gasteiger partial charge in [-0.3, -0.25) is 11.3 Å². The molecule has 0 aromatic heterocycles. The zero-order valence-electron chi connectivity index (χ0n) is 9.76. The van der Waals surface area contributed by atoms with E-state index in [2.05, 4.69) is 5.43 Å². The standard InChI is InChI=1S/C13H18ClFN2/c14-11-4-5-13(15)10(7-11)8-12(17-16)6-9-2-1-3-9/h4-5,7,9,12,17H,1-3,6,8,16H2. The lowest BCUT2D eigenvalue weighted by Gasteiger charge is -2.29. The fourth-order valence-corrected chi connectivity index (χ4v) is 2.50. The summed E-state index contributed by atoms with van der Waals surface area (Å²) in [5.41, 5.74) is 3.43. The summed E-state index contributed by atoms with van der Waals surface area (Å²) in [4.78, 5) is 0. The van der Waals surface area contributed by atoms with E-state index in [1.165, 1.54) is 25.3 Å². The molecule has 1 atom stereocenters. The van der Waals surface area contributed by atoms with Crippen molar-refractivity contribution in [1.29, 1.82) is 0 Å². The number of benzene rings is 1. The highest BCUT2D eigenvalue weighted by atomic mass is 35.5. The molecule has 1 fully saturated rings. The highest BCUT2D eigenvalue weighted by molar-refractivity contribution is 6.30. The summed E-state index contributed by atoms with van der Waals surface area (Å²) in [6, 6.07) is 4.79. The number of hydrogen-bond acceptors (Lipinski definition) is 2. The van der Waals surface area contributed by atoms with E-state index in [1.54, 1.807) is 12.1 Å². The topological polar surface area (TPSA) is 38.0 Å². The Labute approximate surface area is 106 Å². The van der Waals surface area contributed by atoms with Gasteiger partial charge in [-0.15, -0.1) is 0 Å². The summed E-state index contributed by atoms with van der Waals surface area (Å²) >= 11 is 5.87. The average molecular weight is 257 g/mol. The van der Waals surface area contributed by atoms with Gasteiger partial charge in [-0.2, -0.15) is 0 Å². The van der Waals surface area contributed by atoms with Crippen molar-refractivity contribution in [2.24, 2.45) is 11.8 Å². The van der Waals surface area contributed by atoms with E-state index >= 15 is 0 Å². The van der Waals surface area contributed by atoms with Crippen LogP contribution in [0.5, 0.6) is 0 Å². The molecule has 2 rings (SSSR count). The molecule has 1 aliphatic carbocycles. The largest absolute Gasteiger partial charge is 0.271 e. The third-order valence-electron chi connectivity index (χ3n) is 3.55. The SMILES string of the molecule is NNC(Cc1cc(Cl)ccc1F)CC1CCC1. The molecule has 2 nitrogen and oxygen atoms in total. The molecule has 0 amide bonds. The monoisotopic (exact) mass is 256 g/mol. The van der Waals surface area contributed by atoms with Gasteiger partial charge in [-0.05, 0) is 42.5 Å².